The highest BCUT2D eigenvalue weighted by Crippen LogP contribution is 2.32. The molecule has 0 spiro atoms. The van der Waals surface area contributed by atoms with E-state index in [9.17, 15) is 0 Å². The molecule has 1 N–H and O–H groups in total. The standard InChI is InChI=1S/C13H16N2OS.2ClH/c1-2-12(17-9-1)13(11-3-8-16-10-11)15-6-4-14-5-7-15;;/h1-3,8-10,13-14H,4-7H2;2*1H/t13-;;/m1../s1. The van der Waals surface area contributed by atoms with E-state index in [0.717, 1.165) is 26.2 Å². The highest BCUT2D eigenvalue weighted by atomic mass is 35.5. The zero-order valence-corrected chi connectivity index (χ0v) is 12.9. The van der Waals surface area contributed by atoms with Crippen molar-refractivity contribution in [3.8, 4) is 0 Å². The van der Waals surface area contributed by atoms with Gasteiger partial charge in [0.05, 0.1) is 18.6 Å². The summed E-state index contributed by atoms with van der Waals surface area (Å²) in [6.45, 7) is 4.32. The number of furan rings is 1. The number of nitrogens with zero attached hydrogens (tertiary/aromatic N) is 1. The third-order valence-electron chi connectivity index (χ3n) is 3.19. The Kier molecular flexibility index (Phi) is 6.89. The Labute approximate surface area is 129 Å². The quantitative estimate of drug-likeness (QED) is 0.941. The first-order valence-electron chi connectivity index (χ1n) is 5.95. The van der Waals surface area contributed by atoms with Gasteiger partial charge in [0.25, 0.3) is 0 Å². The average molecular weight is 321 g/mol. The van der Waals surface area contributed by atoms with Crippen LogP contribution in [0.3, 0.4) is 0 Å². The molecule has 0 radical (unpaired) electrons. The molecule has 106 valence electrons. The van der Waals surface area contributed by atoms with Gasteiger partial charge in [-0.1, -0.05) is 6.07 Å². The zero-order chi connectivity index (χ0) is 11.5. The van der Waals surface area contributed by atoms with Gasteiger partial charge in [-0.05, 0) is 17.5 Å². The van der Waals surface area contributed by atoms with Crippen LogP contribution in [0.1, 0.15) is 16.5 Å². The van der Waals surface area contributed by atoms with Gasteiger partial charge in [-0.3, -0.25) is 4.90 Å². The normalized spacial score (nSPS) is 17.3. The highest BCUT2D eigenvalue weighted by Gasteiger charge is 2.25. The molecule has 2 aromatic heterocycles. The molecular formula is C13H18Cl2N2OS. The molecule has 1 saturated heterocycles. The first-order valence-corrected chi connectivity index (χ1v) is 6.83. The smallest absolute Gasteiger partial charge is 0.0954 e. The molecule has 19 heavy (non-hydrogen) atoms. The van der Waals surface area contributed by atoms with E-state index in [-0.39, 0.29) is 24.8 Å². The lowest BCUT2D eigenvalue weighted by Crippen LogP contribution is -2.45. The topological polar surface area (TPSA) is 28.4 Å². The Morgan fingerprint density at radius 1 is 1.21 bits per heavy atom. The summed E-state index contributed by atoms with van der Waals surface area (Å²) in [6, 6.07) is 6.77. The minimum atomic E-state index is 0. The summed E-state index contributed by atoms with van der Waals surface area (Å²) in [4.78, 5) is 3.92. The summed E-state index contributed by atoms with van der Waals surface area (Å²) in [5, 5.41) is 5.54. The molecule has 1 atom stereocenters. The summed E-state index contributed by atoms with van der Waals surface area (Å²) in [5.74, 6) is 0. The van der Waals surface area contributed by atoms with E-state index < -0.39 is 0 Å². The van der Waals surface area contributed by atoms with Gasteiger partial charge in [-0.2, -0.15) is 0 Å². The van der Waals surface area contributed by atoms with Crippen LogP contribution in [-0.2, 0) is 0 Å². The van der Waals surface area contributed by atoms with Crippen molar-refractivity contribution < 1.29 is 4.42 Å². The number of hydrogen-bond acceptors (Lipinski definition) is 4. The van der Waals surface area contributed by atoms with E-state index in [2.05, 4.69) is 33.8 Å². The van der Waals surface area contributed by atoms with Crippen molar-refractivity contribution in [2.24, 2.45) is 0 Å². The lowest BCUT2D eigenvalue weighted by molar-refractivity contribution is 0.200. The average Bonchev–Trinajstić information content (AvgIpc) is 3.04. The minimum absolute atomic E-state index is 0. The maximum absolute atomic E-state index is 5.25. The van der Waals surface area contributed by atoms with Crippen LogP contribution in [-0.4, -0.2) is 31.1 Å². The van der Waals surface area contributed by atoms with E-state index >= 15 is 0 Å². The van der Waals surface area contributed by atoms with Gasteiger partial charge >= 0.3 is 0 Å². The van der Waals surface area contributed by atoms with Crippen molar-refractivity contribution >= 4 is 36.2 Å². The van der Waals surface area contributed by atoms with Gasteiger partial charge < -0.3 is 9.73 Å². The number of thiophene rings is 1. The third kappa shape index (κ3) is 3.74. The maximum Gasteiger partial charge on any atom is 0.0954 e. The summed E-state index contributed by atoms with van der Waals surface area (Å²) in [7, 11) is 0. The fourth-order valence-corrected chi connectivity index (χ4v) is 3.26. The van der Waals surface area contributed by atoms with Gasteiger partial charge in [-0.15, -0.1) is 36.2 Å². The first-order chi connectivity index (χ1) is 8.45. The SMILES string of the molecule is Cl.Cl.c1csc([C@@H](c2ccoc2)N2CCNCC2)c1. The summed E-state index contributed by atoms with van der Waals surface area (Å²) in [6.07, 6.45) is 3.63. The Morgan fingerprint density at radius 3 is 2.58 bits per heavy atom. The van der Waals surface area contributed by atoms with Crippen LogP contribution in [0.15, 0.2) is 40.5 Å². The van der Waals surface area contributed by atoms with E-state index in [0.29, 0.717) is 6.04 Å². The van der Waals surface area contributed by atoms with Crippen LogP contribution in [0, 0.1) is 0 Å². The van der Waals surface area contributed by atoms with Crippen molar-refractivity contribution in [3.63, 3.8) is 0 Å². The van der Waals surface area contributed by atoms with E-state index in [1.807, 2.05) is 17.6 Å². The molecule has 3 nitrogen and oxygen atoms in total. The fourth-order valence-electron chi connectivity index (χ4n) is 2.37. The van der Waals surface area contributed by atoms with Crippen molar-refractivity contribution in [3.05, 3.63) is 46.5 Å². The Balaban J connectivity index is 0.000000902. The molecule has 0 aromatic carbocycles. The molecular weight excluding hydrogens is 303 g/mol. The van der Waals surface area contributed by atoms with Crippen molar-refractivity contribution in [1.82, 2.24) is 10.2 Å². The molecule has 6 heteroatoms. The summed E-state index contributed by atoms with van der Waals surface area (Å²) < 4.78 is 5.25. The van der Waals surface area contributed by atoms with Crippen molar-refractivity contribution in [2.75, 3.05) is 26.2 Å². The molecule has 0 unspecified atom stereocenters. The van der Waals surface area contributed by atoms with Crippen molar-refractivity contribution in [2.45, 2.75) is 6.04 Å². The van der Waals surface area contributed by atoms with Crippen molar-refractivity contribution in [1.29, 1.82) is 0 Å². The van der Waals surface area contributed by atoms with E-state index in [4.69, 9.17) is 4.42 Å². The predicted octanol–water partition coefficient (Wildman–Crippen LogP) is 3.18. The second-order valence-electron chi connectivity index (χ2n) is 4.26. The molecule has 1 fully saturated rings. The number of nitrogens with one attached hydrogen (secondary N) is 1. The minimum Gasteiger partial charge on any atom is -0.472 e. The van der Waals surface area contributed by atoms with Gasteiger partial charge in [0, 0.05) is 36.6 Å². The molecule has 3 rings (SSSR count). The number of halogens is 2. The molecule has 1 aliphatic heterocycles. The molecule has 0 bridgehead atoms. The Morgan fingerprint density at radius 2 is 2.00 bits per heavy atom. The molecule has 0 aliphatic carbocycles. The van der Waals surface area contributed by atoms with Gasteiger partial charge in [-0.25, -0.2) is 0 Å². The van der Waals surface area contributed by atoms with Crippen LogP contribution in [0.25, 0.3) is 0 Å². The van der Waals surface area contributed by atoms with Crippen LogP contribution < -0.4 is 5.32 Å². The molecule has 0 saturated carbocycles. The molecule has 3 heterocycles. The summed E-state index contributed by atoms with van der Waals surface area (Å²) >= 11 is 1.82. The molecule has 2 aromatic rings. The summed E-state index contributed by atoms with van der Waals surface area (Å²) in [5.41, 5.74) is 1.26. The van der Waals surface area contributed by atoms with Crippen LogP contribution in [0.2, 0.25) is 0 Å². The first kappa shape index (κ1) is 16.5. The second kappa shape index (κ2) is 7.92. The Hall–Kier alpha value is -0.520. The fraction of sp³-hybridized carbons (Fsp3) is 0.385. The number of hydrogen-bond donors (Lipinski definition) is 1. The van der Waals surface area contributed by atoms with E-state index in [1.54, 1.807) is 6.26 Å². The van der Waals surface area contributed by atoms with Crippen LogP contribution in [0.4, 0.5) is 0 Å². The monoisotopic (exact) mass is 320 g/mol. The highest BCUT2D eigenvalue weighted by molar-refractivity contribution is 7.10. The van der Waals surface area contributed by atoms with Crippen LogP contribution in [0.5, 0.6) is 0 Å². The molecule has 1 aliphatic rings. The van der Waals surface area contributed by atoms with Gasteiger partial charge in [0.15, 0.2) is 0 Å². The van der Waals surface area contributed by atoms with Gasteiger partial charge in [0.2, 0.25) is 0 Å². The second-order valence-corrected chi connectivity index (χ2v) is 5.24. The Bertz CT molecular complexity index is 407. The van der Waals surface area contributed by atoms with Gasteiger partial charge in [0.1, 0.15) is 0 Å². The van der Waals surface area contributed by atoms with E-state index in [1.165, 1.54) is 10.4 Å². The third-order valence-corrected chi connectivity index (χ3v) is 4.11. The largest absolute Gasteiger partial charge is 0.472 e. The number of rotatable bonds is 3. The number of piperazine rings is 1. The lowest BCUT2D eigenvalue weighted by atomic mass is 10.1. The zero-order valence-electron chi connectivity index (χ0n) is 10.5. The molecule has 0 amide bonds. The lowest BCUT2D eigenvalue weighted by Gasteiger charge is -2.33. The maximum atomic E-state index is 5.25. The predicted molar refractivity (Wildman–Crippen MR) is 83.8 cm³/mol. The van der Waals surface area contributed by atoms with Crippen LogP contribution >= 0.6 is 36.2 Å².